The van der Waals surface area contributed by atoms with Crippen molar-refractivity contribution in [3.05, 3.63) is 47.4 Å². The van der Waals surface area contributed by atoms with Crippen molar-refractivity contribution in [2.75, 3.05) is 19.4 Å². The van der Waals surface area contributed by atoms with Gasteiger partial charge in [0.25, 0.3) is 11.8 Å². The Labute approximate surface area is 164 Å². The molecule has 1 aromatic heterocycles. The summed E-state index contributed by atoms with van der Waals surface area (Å²) in [6.07, 6.45) is 4.49. The monoisotopic (exact) mass is 383 g/mol. The highest BCUT2D eigenvalue weighted by atomic mass is 16.5. The molecule has 0 saturated carbocycles. The van der Waals surface area contributed by atoms with Crippen molar-refractivity contribution in [2.45, 2.75) is 38.8 Å². The molecule has 8 nitrogen and oxygen atoms in total. The number of ether oxygens (including phenoxy) is 1. The minimum atomic E-state index is -0.219. The molecule has 1 aliphatic rings. The number of methoxy groups -OCH3 is 1. The second kappa shape index (κ2) is 8.24. The summed E-state index contributed by atoms with van der Waals surface area (Å²) in [6.45, 7) is 4.42. The summed E-state index contributed by atoms with van der Waals surface area (Å²) in [5.74, 6) is 0.545. The van der Waals surface area contributed by atoms with E-state index < -0.39 is 0 Å². The maximum absolute atomic E-state index is 12.8. The predicted molar refractivity (Wildman–Crippen MR) is 105 cm³/mol. The van der Waals surface area contributed by atoms with Crippen LogP contribution < -0.4 is 15.8 Å². The molecule has 2 aromatic rings. The van der Waals surface area contributed by atoms with Gasteiger partial charge in [-0.3, -0.25) is 14.6 Å². The molecule has 1 saturated heterocycles. The second-order valence-electron chi connectivity index (χ2n) is 6.98. The molecule has 0 bridgehead atoms. The lowest BCUT2D eigenvalue weighted by Crippen LogP contribution is -2.49. The third-order valence-electron chi connectivity index (χ3n) is 5.03. The van der Waals surface area contributed by atoms with E-state index in [0.29, 0.717) is 12.1 Å². The van der Waals surface area contributed by atoms with Crippen LogP contribution in [0.5, 0.6) is 5.75 Å². The first-order valence-corrected chi connectivity index (χ1v) is 9.24. The standard InChI is InChI=1S/C20H25N5O3/c1-12-9-14(6-7-17(12)28-3)19(26)23-13(2)16-5-4-8-25(16)20(27)15-10-22-11-18(21)24-15/h6-7,9-11,13,16H,4-5,8H2,1-3H3,(H2,21,24)(H,23,26)/t13?,16-/m1/s1. The van der Waals surface area contributed by atoms with E-state index in [-0.39, 0.29) is 35.4 Å². The fourth-order valence-corrected chi connectivity index (χ4v) is 3.60. The number of hydrogen-bond acceptors (Lipinski definition) is 6. The van der Waals surface area contributed by atoms with E-state index in [2.05, 4.69) is 15.3 Å². The molecule has 0 aliphatic carbocycles. The minimum Gasteiger partial charge on any atom is -0.496 e. The van der Waals surface area contributed by atoms with Gasteiger partial charge in [0.2, 0.25) is 0 Å². The molecule has 8 heteroatoms. The molecule has 2 heterocycles. The van der Waals surface area contributed by atoms with Crippen LogP contribution in [0.15, 0.2) is 30.6 Å². The van der Waals surface area contributed by atoms with Crippen molar-refractivity contribution in [1.29, 1.82) is 0 Å². The van der Waals surface area contributed by atoms with Gasteiger partial charge < -0.3 is 20.7 Å². The molecule has 2 atom stereocenters. The highest BCUT2D eigenvalue weighted by Crippen LogP contribution is 2.23. The molecule has 1 aliphatic heterocycles. The average Bonchev–Trinajstić information content (AvgIpc) is 3.17. The first-order chi connectivity index (χ1) is 13.4. The summed E-state index contributed by atoms with van der Waals surface area (Å²) in [7, 11) is 1.60. The Kier molecular flexibility index (Phi) is 5.77. The molecule has 0 radical (unpaired) electrons. The highest BCUT2D eigenvalue weighted by Gasteiger charge is 2.34. The largest absolute Gasteiger partial charge is 0.496 e. The number of carbonyl (C=O) groups excluding carboxylic acids is 2. The summed E-state index contributed by atoms with van der Waals surface area (Å²) in [6, 6.07) is 4.97. The van der Waals surface area contributed by atoms with Gasteiger partial charge in [0.05, 0.1) is 25.5 Å². The number of amides is 2. The lowest BCUT2D eigenvalue weighted by atomic mass is 10.1. The van der Waals surface area contributed by atoms with Gasteiger partial charge in [0, 0.05) is 18.2 Å². The first kappa shape index (κ1) is 19.6. The summed E-state index contributed by atoms with van der Waals surface area (Å²) in [5, 5.41) is 3.02. The van der Waals surface area contributed by atoms with E-state index in [9.17, 15) is 9.59 Å². The van der Waals surface area contributed by atoms with Crippen LogP contribution in [0.2, 0.25) is 0 Å². The number of likely N-dealkylation sites (tertiary alicyclic amines) is 1. The molecular weight excluding hydrogens is 358 g/mol. The maximum atomic E-state index is 12.8. The van der Waals surface area contributed by atoms with Crippen LogP contribution in [0.4, 0.5) is 5.82 Å². The molecule has 1 aromatic carbocycles. The maximum Gasteiger partial charge on any atom is 0.274 e. The van der Waals surface area contributed by atoms with Crippen molar-refractivity contribution >= 4 is 17.6 Å². The van der Waals surface area contributed by atoms with Gasteiger partial charge in [-0.15, -0.1) is 0 Å². The Balaban J connectivity index is 1.70. The third kappa shape index (κ3) is 4.05. The highest BCUT2D eigenvalue weighted by molar-refractivity contribution is 5.95. The van der Waals surface area contributed by atoms with E-state index in [1.807, 2.05) is 13.8 Å². The number of aromatic nitrogens is 2. The van der Waals surface area contributed by atoms with E-state index in [1.165, 1.54) is 12.4 Å². The van der Waals surface area contributed by atoms with Crippen molar-refractivity contribution < 1.29 is 14.3 Å². The molecule has 1 fully saturated rings. The zero-order chi connectivity index (χ0) is 20.3. The predicted octanol–water partition coefficient (Wildman–Crippen LogP) is 1.80. The Bertz CT molecular complexity index is 886. The van der Waals surface area contributed by atoms with Gasteiger partial charge in [0.15, 0.2) is 0 Å². The van der Waals surface area contributed by atoms with E-state index in [4.69, 9.17) is 10.5 Å². The number of benzene rings is 1. The van der Waals surface area contributed by atoms with Crippen LogP contribution in [0.1, 0.15) is 46.2 Å². The fourth-order valence-electron chi connectivity index (χ4n) is 3.60. The SMILES string of the molecule is COc1ccc(C(=O)NC(C)[C@H]2CCCN2C(=O)c2cncc(N)n2)cc1C. The number of aryl methyl sites for hydroxylation is 1. The number of rotatable bonds is 5. The first-order valence-electron chi connectivity index (χ1n) is 9.24. The molecule has 2 amide bonds. The van der Waals surface area contributed by atoms with Gasteiger partial charge in [-0.2, -0.15) is 0 Å². The normalized spacial score (nSPS) is 17.2. The van der Waals surface area contributed by atoms with Crippen molar-refractivity contribution in [3.63, 3.8) is 0 Å². The molecular formula is C20H25N5O3. The molecule has 28 heavy (non-hydrogen) atoms. The Morgan fingerprint density at radius 2 is 2.14 bits per heavy atom. The lowest BCUT2D eigenvalue weighted by Gasteiger charge is -2.30. The average molecular weight is 383 g/mol. The number of hydrogen-bond donors (Lipinski definition) is 2. The number of nitrogen functional groups attached to an aromatic ring is 1. The summed E-state index contributed by atoms with van der Waals surface area (Å²) in [5.41, 5.74) is 7.31. The zero-order valence-electron chi connectivity index (χ0n) is 16.3. The van der Waals surface area contributed by atoms with Crippen LogP contribution >= 0.6 is 0 Å². The van der Waals surface area contributed by atoms with Gasteiger partial charge in [-0.1, -0.05) is 0 Å². The number of anilines is 1. The molecule has 0 spiro atoms. The van der Waals surface area contributed by atoms with Gasteiger partial charge >= 0.3 is 0 Å². The van der Waals surface area contributed by atoms with Crippen molar-refractivity contribution in [3.8, 4) is 5.75 Å². The molecule has 3 N–H and O–H groups in total. The zero-order valence-corrected chi connectivity index (χ0v) is 16.3. The number of carbonyl (C=O) groups is 2. The van der Waals surface area contributed by atoms with Crippen LogP contribution in [-0.4, -0.2) is 52.4 Å². The van der Waals surface area contributed by atoms with Gasteiger partial charge in [-0.05, 0) is 50.5 Å². The minimum absolute atomic E-state index is 0.112. The Hall–Kier alpha value is -3.16. The Morgan fingerprint density at radius 3 is 2.82 bits per heavy atom. The summed E-state index contributed by atoms with van der Waals surface area (Å²) >= 11 is 0. The fraction of sp³-hybridized carbons (Fsp3) is 0.400. The summed E-state index contributed by atoms with van der Waals surface area (Å²) in [4.78, 5) is 35.2. The van der Waals surface area contributed by atoms with Crippen molar-refractivity contribution in [1.82, 2.24) is 20.2 Å². The lowest BCUT2D eigenvalue weighted by molar-refractivity contribution is 0.0688. The Morgan fingerprint density at radius 1 is 1.36 bits per heavy atom. The quantitative estimate of drug-likeness (QED) is 0.815. The number of nitrogens with one attached hydrogen (secondary N) is 1. The van der Waals surface area contributed by atoms with Crippen LogP contribution in [0.3, 0.4) is 0 Å². The summed E-state index contributed by atoms with van der Waals surface area (Å²) < 4.78 is 5.24. The topological polar surface area (TPSA) is 110 Å². The van der Waals surface area contributed by atoms with E-state index in [0.717, 1.165) is 24.2 Å². The van der Waals surface area contributed by atoms with Gasteiger partial charge in [-0.25, -0.2) is 4.98 Å². The van der Waals surface area contributed by atoms with E-state index in [1.54, 1.807) is 30.2 Å². The number of nitrogens with zero attached hydrogens (tertiary/aromatic N) is 3. The molecule has 148 valence electrons. The van der Waals surface area contributed by atoms with E-state index >= 15 is 0 Å². The number of nitrogens with two attached hydrogens (primary N) is 1. The molecule has 1 unspecified atom stereocenters. The smallest absolute Gasteiger partial charge is 0.274 e. The van der Waals surface area contributed by atoms with Crippen LogP contribution in [0, 0.1) is 6.92 Å². The van der Waals surface area contributed by atoms with Gasteiger partial charge in [0.1, 0.15) is 17.3 Å². The van der Waals surface area contributed by atoms with Crippen LogP contribution in [0.25, 0.3) is 0 Å². The second-order valence-corrected chi connectivity index (χ2v) is 6.98. The van der Waals surface area contributed by atoms with Crippen LogP contribution in [-0.2, 0) is 0 Å². The molecule has 3 rings (SSSR count). The van der Waals surface area contributed by atoms with Crippen molar-refractivity contribution in [2.24, 2.45) is 0 Å². The third-order valence-corrected chi connectivity index (χ3v) is 5.03.